The molecule has 4 heteroatoms. The lowest BCUT2D eigenvalue weighted by Crippen LogP contribution is -2.12. The standard InChI is InChI=1S/C15H11N3O/c19-15(12-4-2-7-16-10-12)18-14-5-1-3-11-9-17-8-6-13(11)14/h1-10H,(H,18,19). The van der Waals surface area contributed by atoms with Gasteiger partial charge in [-0.3, -0.25) is 14.8 Å². The normalized spacial score (nSPS) is 10.3. The zero-order valence-corrected chi connectivity index (χ0v) is 10.1. The third kappa shape index (κ3) is 2.28. The second-order valence-electron chi connectivity index (χ2n) is 4.10. The van der Waals surface area contributed by atoms with Crippen LogP contribution in [-0.4, -0.2) is 15.9 Å². The maximum absolute atomic E-state index is 12.1. The molecule has 3 aromatic rings. The van der Waals surface area contributed by atoms with E-state index in [1.807, 2.05) is 24.3 Å². The molecule has 19 heavy (non-hydrogen) atoms. The Morgan fingerprint density at radius 1 is 0.947 bits per heavy atom. The zero-order valence-electron chi connectivity index (χ0n) is 10.1. The molecule has 3 rings (SSSR count). The predicted octanol–water partition coefficient (Wildman–Crippen LogP) is 2.88. The van der Waals surface area contributed by atoms with Gasteiger partial charge in [0.05, 0.1) is 5.56 Å². The summed E-state index contributed by atoms with van der Waals surface area (Å²) in [6, 6.07) is 11.1. The first-order valence-corrected chi connectivity index (χ1v) is 5.89. The molecule has 0 saturated carbocycles. The van der Waals surface area contributed by atoms with Crippen LogP contribution in [0, 0.1) is 0 Å². The van der Waals surface area contributed by atoms with Gasteiger partial charge in [-0.15, -0.1) is 0 Å². The Balaban J connectivity index is 1.96. The summed E-state index contributed by atoms with van der Waals surface area (Å²) in [4.78, 5) is 20.1. The average molecular weight is 249 g/mol. The van der Waals surface area contributed by atoms with Crippen molar-refractivity contribution in [1.82, 2.24) is 9.97 Å². The molecule has 4 nitrogen and oxygen atoms in total. The van der Waals surface area contributed by atoms with Crippen LogP contribution in [0.3, 0.4) is 0 Å². The Kier molecular flexibility index (Phi) is 2.90. The molecule has 92 valence electrons. The Morgan fingerprint density at radius 3 is 2.68 bits per heavy atom. The molecule has 0 fully saturated rings. The lowest BCUT2D eigenvalue weighted by Gasteiger charge is -2.08. The van der Waals surface area contributed by atoms with Crippen LogP contribution in [0.15, 0.2) is 61.2 Å². The summed E-state index contributed by atoms with van der Waals surface area (Å²) in [5, 5.41) is 4.85. The summed E-state index contributed by atoms with van der Waals surface area (Å²) in [7, 11) is 0. The average Bonchev–Trinajstić information content (AvgIpc) is 2.48. The summed E-state index contributed by atoms with van der Waals surface area (Å²) in [5.74, 6) is -0.169. The number of nitrogens with zero attached hydrogens (tertiary/aromatic N) is 2. The zero-order chi connectivity index (χ0) is 13.1. The van der Waals surface area contributed by atoms with E-state index in [1.165, 1.54) is 0 Å². The maximum Gasteiger partial charge on any atom is 0.257 e. The molecule has 0 atom stereocenters. The van der Waals surface area contributed by atoms with Crippen LogP contribution < -0.4 is 5.32 Å². The van der Waals surface area contributed by atoms with Crippen molar-refractivity contribution in [2.45, 2.75) is 0 Å². The van der Waals surface area contributed by atoms with E-state index in [4.69, 9.17) is 0 Å². The Labute approximate surface area is 110 Å². The maximum atomic E-state index is 12.1. The molecule has 1 aromatic carbocycles. The second kappa shape index (κ2) is 4.86. The number of carbonyl (C=O) groups excluding carboxylic acids is 1. The van der Waals surface area contributed by atoms with Gasteiger partial charge in [0.25, 0.3) is 5.91 Å². The molecule has 0 saturated heterocycles. The number of amides is 1. The number of carbonyl (C=O) groups is 1. The molecular formula is C15H11N3O. The first-order valence-electron chi connectivity index (χ1n) is 5.89. The Hall–Kier alpha value is -2.75. The van der Waals surface area contributed by atoms with Gasteiger partial charge in [-0.05, 0) is 24.3 Å². The smallest absolute Gasteiger partial charge is 0.257 e. The first-order chi connectivity index (χ1) is 9.34. The molecule has 0 bridgehead atoms. The van der Waals surface area contributed by atoms with Crippen LogP contribution in [-0.2, 0) is 0 Å². The van der Waals surface area contributed by atoms with Gasteiger partial charge in [-0.1, -0.05) is 12.1 Å². The second-order valence-corrected chi connectivity index (χ2v) is 4.10. The molecule has 1 N–H and O–H groups in total. The minimum atomic E-state index is -0.169. The summed E-state index contributed by atoms with van der Waals surface area (Å²) in [5.41, 5.74) is 1.31. The van der Waals surface area contributed by atoms with Crippen LogP contribution in [0.4, 0.5) is 5.69 Å². The number of fused-ring (bicyclic) bond motifs is 1. The molecule has 0 aliphatic rings. The SMILES string of the molecule is O=C(Nc1cccc2cnccc12)c1cccnc1. The van der Waals surface area contributed by atoms with Gasteiger partial charge in [0.15, 0.2) is 0 Å². The molecule has 2 aromatic heterocycles. The highest BCUT2D eigenvalue weighted by Crippen LogP contribution is 2.22. The number of rotatable bonds is 2. The molecule has 2 heterocycles. The molecule has 0 aliphatic carbocycles. The van der Waals surface area contributed by atoms with Crippen LogP contribution in [0.5, 0.6) is 0 Å². The molecule has 1 amide bonds. The van der Waals surface area contributed by atoms with Gasteiger partial charge in [0.1, 0.15) is 0 Å². The lowest BCUT2D eigenvalue weighted by atomic mass is 10.1. The summed E-state index contributed by atoms with van der Waals surface area (Å²) < 4.78 is 0. The Morgan fingerprint density at radius 2 is 1.84 bits per heavy atom. The number of pyridine rings is 2. The van der Waals surface area contributed by atoms with E-state index in [-0.39, 0.29) is 5.91 Å². The number of hydrogen-bond acceptors (Lipinski definition) is 3. The van der Waals surface area contributed by atoms with Crippen LogP contribution >= 0.6 is 0 Å². The molecule has 0 radical (unpaired) electrons. The van der Waals surface area contributed by atoms with E-state index in [0.29, 0.717) is 5.56 Å². The third-order valence-electron chi connectivity index (χ3n) is 2.85. The van der Waals surface area contributed by atoms with Crippen molar-refractivity contribution in [3.05, 3.63) is 66.7 Å². The first kappa shape index (κ1) is 11.3. The van der Waals surface area contributed by atoms with Crippen molar-refractivity contribution in [3.63, 3.8) is 0 Å². The number of hydrogen-bond donors (Lipinski definition) is 1. The summed E-state index contributed by atoms with van der Waals surface area (Å²) in [6.45, 7) is 0. The van der Waals surface area contributed by atoms with Crippen LogP contribution in [0.2, 0.25) is 0 Å². The van der Waals surface area contributed by atoms with Gasteiger partial charge in [-0.2, -0.15) is 0 Å². The van der Waals surface area contributed by atoms with Gasteiger partial charge < -0.3 is 5.32 Å². The topological polar surface area (TPSA) is 54.9 Å². The monoisotopic (exact) mass is 249 g/mol. The van der Waals surface area contributed by atoms with Gasteiger partial charge >= 0.3 is 0 Å². The van der Waals surface area contributed by atoms with E-state index in [0.717, 1.165) is 16.5 Å². The largest absolute Gasteiger partial charge is 0.321 e. The molecule has 0 spiro atoms. The van der Waals surface area contributed by atoms with Gasteiger partial charge in [0, 0.05) is 41.2 Å². The van der Waals surface area contributed by atoms with Crippen molar-refractivity contribution in [3.8, 4) is 0 Å². The van der Waals surface area contributed by atoms with E-state index >= 15 is 0 Å². The van der Waals surface area contributed by atoms with Crippen molar-refractivity contribution < 1.29 is 4.79 Å². The van der Waals surface area contributed by atoms with Crippen molar-refractivity contribution in [2.24, 2.45) is 0 Å². The minimum Gasteiger partial charge on any atom is -0.321 e. The van der Waals surface area contributed by atoms with Crippen molar-refractivity contribution in [1.29, 1.82) is 0 Å². The quantitative estimate of drug-likeness (QED) is 0.759. The number of benzene rings is 1. The van der Waals surface area contributed by atoms with Crippen LogP contribution in [0.1, 0.15) is 10.4 Å². The highest BCUT2D eigenvalue weighted by atomic mass is 16.1. The lowest BCUT2D eigenvalue weighted by molar-refractivity contribution is 0.102. The summed E-state index contributed by atoms with van der Waals surface area (Å²) in [6.07, 6.45) is 6.67. The van der Waals surface area contributed by atoms with Crippen molar-refractivity contribution in [2.75, 3.05) is 5.32 Å². The van der Waals surface area contributed by atoms with E-state index in [9.17, 15) is 4.79 Å². The highest BCUT2D eigenvalue weighted by Gasteiger charge is 2.07. The predicted molar refractivity (Wildman–Crippen MR) is 73.9 cm³/mol. The fourth-order valence-corrected chi connectivity index (χ4v) is 1.92. The molecule has 0 unspecified atom stereocenters. The van der Waals surface area contributed by atoms with Crippen molar-refractivity contribution >= 4 is 22.4 Å². The fraction of sp³-hybridized carbons (Fsp3) is 0. The van der Waals surface area contributed by atoms with Gasteiger partial charge in [0.2, 0.25) is 0 Å². The van der Waals surface area contributed by atoms with E-state index < -0.39 is 0 Å². The fourth-order valence-electron chi connectivity index (χ4n) is 1.92. The number of nitrogens with one attached hydrogen (secondary N) is 1. The third-order valence-corrected chi connectivity index (χ3v) is 2.85. The minimum absolute atomic E-state index is 0.169. The van der Waals surface area contributed by atoms with Crippen LogP contribution in [0.25, 0.3) is 10.8 Å². The number of anilines is 1. The van der Waals surface area contributed by atoms with E-state index in [2.05, 4.69) is 15.3 Å². The van der Waals surface area contributed by atoms with Gasteiger partial charge in [-0.25, -0.2) is 0 Å². The Bertz CT molecular complexity index is 720. The molecular weight excluding hydrogens is 238 g/mol. The summed E-state index contributed by atoms with van der Waals surface area (Å²) >= 11 is 0. The molecule has 0 aliphatic heterocycles. The van der Waals surface area contributed by atoms with E-state index in [1.54, 1.807) is 36.9 Å². The number of aromatic nitrogens is 2. The highest BCUT2D eigenvalue weighted by molar-refractivity contribution is 6.08.